The second-order valence-electron chi connectivity index (χ2n) is 7.17. The van der Waals surface area contributed by atoms with Crippen LogP contribution in [0.4, 0.5) is 5.82 Å². The minimum atomic E-state index is -0.713. The highest BCUT2D eigenvalue weighted by Gasteiger charge is 2.32. The fourth-order valence-corrected chi connectivity index (χ4v) is 4.00. The third-order valence-corrected chi connectivity index (χ3v) is 5.14. The Morgan fingerprint density at radius 3 is 2.92 bits per heavy atom. The first kappa shape index (κ1) is 16.0. The Balaban J connectivity index is 1.76. The summed E-state index contributed by atoms with van der Waals surface area (Å²) in [7, 11) is 0. The lowest BCUT2D eigenvalue weighted by Gasteiger charge is -2.36. The second-order valence-corrected chi connectivity index (χ2v) is 7.17. The van der Waals surface area contributed by atoms with Gasteiger partial charge in [0.05, 0.1) is 5.92 Å². The number of anilines is 1. The second kappa shape index (κ2) is 6.43. The molecule has 2 aliphatic rings. The van der Waals surface area contributed by atoms with E-state index < -0.39 is 5.97 Å². The number of nitrogens with zero attached hydrogens (tertiary/aromatic N) is 4. The summed E-state index contributed by atoms with van der Waals surface area (Å²) in [6.07, 6.45) is 7.26. The number of rotatable bonds is 3. The predicted molar refractivity (Wildman–Crippen MR) is 94.4 cm³/mol. The summed E-state index contributed by atoms with van der Waals surface area (Å²) in [5, 5.41) is 9.48. The van der Waals surface area contributed by atoms with Crippen LogP contribution in [0.25, 0.3) is 11.4 Å². The van der Waals surface area contributed by atoms with Gasteiger partial charge in [-0.25, -0.2) is 9.97 Å². The molecular weight excluding hydrogens is 316 g/mol. The van der Waals surface area contributed by atoms with Gasteiger partial charge in [-0.1, -0.05) is 6.92 Å². The quantitative estimate of drug-likeness (QED) is 0.926. The molecule has 4 rings (SSSR count). The Morgan fingerprint density at radius 1 is 1.28 bits per heavy atom. The molecule has 2 aromatic rings. The third kappa shape index (κ3) is 3.08. The highest BCUT2D eigenvalue weighted by Crippen LogP contribution is 2.34. The lowest BCUT2D eigenvalue weighted by molar-refractivity contribution is -0.142. The molecule has 0 radical (unpaired) electrons. The SMILES string of the molecule is CC1CC(C(=O)O)CN(c2nc(-c3cccnc3)nc3c2CCC3)C1. The number of fused-ring (bicyclic) bond motifs is 1. The average Bonchev–Trinajstić information content (AvgIpc) is 3.09. The lowest BCUT2D eigenvalue weighted by Crippen LogP contribution is -2.43. The largest absolute Gasteiger partial charge is 0.481 e. The van der Waals surface area contributed by atoms with Gasteiger partial charge < -0.3 is 10.0 Å². The topological polar surface area (TPSA) is 79.2 Å². The van der Waals surface area contributed by atoms with E-state index in [0.717, 1.165) is 49.3 Å². The summed E-state index contributed by atoms with van der Waals surface area (Å²) in [4.78, 5) is 27.5. The normalized spacial score (nSPS) is 22.7. The van der Waals surface area contributed by atoms with Gasteiger partial charge in [0.25, 0.3) is 0 Å². The zero-order chi connectivity index (χ0) is 17.4. The first-order chi connectivity index (χ1) is 12.1. The van der Waals surface area contributed by atoms with Gasteiger partial charge in [0, 0.05) is 42.3 Å². The molecule has 130 valence electrons. The average molecular weight is 338 g/mol. The molecule has 1 N–H and O–H groups in total. The van der Waals surface area contributed by atoms with E-state index in [2.05, 4.69) is 16.8 Å². The van der Waals surface area contributed by atoms with Crippen molar-refractivity contribution in [1.82, 2.24) is 15.0 Å². The predicted octanol–water partition coefficient (Wildman–Crippen LogP) is 2.57. The van der Waals surface area contributed by atoms with Crippen LogP contribution >= 0.6 is 0 Å². The molecule has 1 fully saturated rings. The van der Waals surface area contributed by atoms with Crippen LogP contribution in [0.15, 0.2) is 24.5 Å². The zero-order valence-corrected chi connectivity index (χ0v) is 14.4. The summed E-state index contributed by atoms with van der Waals surface area (Å²) < 4.78 is 0. The maximum absolute atomic E-state index is 11.5. The number of hydrogen-bond acceptors (Lipinski definition) is 5. The summed E-state index contributed by atoms with van der Waals surface area (Å²) in [6, 6.07) is 3.85. The van der Waals surface area contributed by atoms with Gasteiger partial charge in [-0.2, -0.15) is 0 Å². The summed E-state index contributed by atoms with van der Waals surface area (Å²) in [6.45, 7) is 3.49. The fourth-order valence-electron chi connectivity index (χ4n) is 4.00. The standard InChI is InChI=1S/C19H22N4O2/c1-12-8-14(19(24)25)11-23(10-12)18-15-5-2-6-16(15)21-17(22-18)13-4-3-7-20-9-13/h3-4,7,9,12,14H,2,5-6,8,10-11H2,1H3,(H,24,25). The first-order valence-electron chi connectivity index (χ1n) is 8.89. The first-order valence-corrected chi connectivity index (χ1v) is 8.89. The van der Waals surface area contributed by atoms with Gasteiger partial charge in [-0.3, -0.25) is 9.78 Å². The number of aromatic nitrogens is 3. The minimum Gasteiger partial charge on any atom is -0.481 e. The van der Waals surface area contributed by atoms with Crippen molar-refractivity contribution >= 4 is 11.8 Å². The van der Waals surface area contributed by atoms with Gasteiger partial charge in [-0.05, 0) is 43.7 Å². The molecule has 0 spiro atoms. The Kier molecular flexibility index (Phi) is 4.11. The highest BCUT2D eigenvalue weighted by atomic mass is 16.4. The van der Waals surface area contributed by atoms with Crippen molar-refractivity contribution in [2.24, 2.45) is 11.8 Å². The van der Waals surface area contributed by atoms with Crippen molar-refractivity contribution in [3.63, 3.8) is 0 Å². The van der Waals surface area contributed by atoms with E-state index in [0.29, 0.717) is 18.3 Å². The Bertz CT molecular complexity index is 794. The van der Waals surface area contributed by atoms with Gasteiger partial charge in [0.1, 0.15) is 5.82 Å². The van der Waals surface area contributed by atoms with E-state index in [4.69, 9.17) is 9.97 Å². The molecule has 0 amide bonds. The number of piperidine rings is 1. The van der Waals surface area contributed by atoms with Crippen molar-refractivity contribution in [1.29, 1.82) is 0 Å². The van der Waals surface area contributed by atoms with Crippen molar-refractivity contribution in [3.8, 4) is 11.4 Å². The van der Waals surface area contributed by atoms with Crippen molar-refractivity contribution < 1.29 is 9.90 Å². The minimum absolute atomic E-state index is 0.336. The van der Waals surface area contributed by atoms with Gasteiger partial charge in [0.2, 0.25) is 0 Å². The van der Waals surface area contributed by atoms with Crippen LogP contribution in [0.1, 0.15) is 31.0 Å². The van der Waals surface area contributed by atoms with E-state index in [1.165, 1.54) is 5.56 Å². The van der Waals surface area contributed by atoms with Crippen LogP contribution in [0.3, 0.4) is 0 Å². The molecule has 0 bridgehead atoms. The molecule has 2 aromatic heterocycles. The molecule has 6 nitrogen and oxygen atoms in total. The van der Waals surface area contributed by atoms with Crippen LogP contribution in [0.2, 0.25) is 0 Å². The summed E-state index contributed by atoms with van der Waals surface area (Å²) >= 11 is 0. The molecule has 1 aliphatic carbocycles. The zero-order valence-electron chi connectivity index (χ0n) is 14.4. The Hall–Kier alpha value is -2.50. The molecule has 2 unspecified atom stereocenters. The molecule has 0 saturated carbocycles. The lowest BCUT2D eigenvalue weighted by atomic mass is 9.90. The van der Waals surface area contributed by atoms with Crippen molar-refractivity contribution in [2.75, 3.05) is 18.0 Å². The number of aliphatic carboxylic acids is 1. The molecule has 25 heavy (non-hydrogen) atoms. The smallest absolute Gasteiger partial charge is 0.308 e. The third-order valence-electron chi connectivity index (χ3n) is 5.14. The summed E-state index contributed by atoms with van der Waals surface area (Å²) in [5.41, 5.74) is 3.21. The number of aryl methyl sites for hydroxylation is 1. The van der Waals surface area contributed by atoms with Gasteiger partial charge in [0.15, 0.2) is 5.82 Å². The maximum atomic E-state index is 11.5. The molecule has 0 aromatic carbocycles. The van der Waals surface area contributed by atoms with Crippen molar-refractivity contribution in [2.45, 2.75) is 32.6 Å². The van der Waals surface area contributed by atoms with Gasteiger partial charge in [-0.15, -0.1) is 0 Å². The number of carboxylic acid groups (broad SMARTS) is 1. The Labute approximate surface area is 147 Å². The van der Waals surface area contributed by atoms with Crippen LogP contribution in [-0.2, 0) is 17.6 Å². The molecule has 3 heterocycles. The van der Waals surface area contributed by atoms with E-state index in [1.54, 1.807) is 12.4 Å². The fraction of sp³-hybridized carbons (Fsp3) is 0.474. The molecule has 2 atom stereocenters. The molecular formula is C19H22N4O2. The maximum Gasteiger partial charge on any atom is 0.308 e. The van der Waals surface area contributed by atoms with Crippen LogP contribution in [0.5, 0.6) is 0 Å². The van der Waals surface area contributed by atoms with E-state index in [-0.39, 0.29) is 5.92 Å². The van der Waals surface area contributed by atoms with E-state index >= 15 is 0 Å². The summed E-state index contributed by atoms with van der Waals surface area (Å²) in [5.74, 6) is 0.907. The number of hydrogen-bond donors (Lipinski definition) is 1. The van der Waals surface area contributed by atoms with Crippen molar-refractivity contribution in [3.05, 3.63) is 35.8 Å². The highest BCUT2D eigenvalue weighted by molar-refractivity contribution is 5.71. The number of pyridine rings is 1. The number of carbonyl (C=O) groups is 1. The monoisotopic (exact) mass is 338 g/mol. The van der Waals surface area contributed by atoms with Crippen LogP contribution in [-0.4, -0.2) is 39.1 Å². The van der Waals surface area contributed by atoms with Crippen LogP contribution in [0, 0.1) is 11.8 Å². The Morgan fingerprint density at radius 2 is 2.16 bits per heavy atom. The van der Waals surface area contributed by atoms with Crippen LogP contribution < -0.4 is 4.90 Å². The number of carboxylic acids is 1. The molecule has 1 saturated heterocycles. The van der Waals surface area contributed by atoms with E-state index in [1.807, 2.05) is 12.1 Å². The van der Waals surface area contributed by atoms with E-state index in [9.17, 15) is 9.90 Å². The molecule has 6 heteroatoms. The molecule has 1 aliphatic heterocycles. The van der Waals surface area contributed by atoms with Gasteiger partial charge >= 0.3 is 5.97 Å².